The van der Waals surface area contributed by atoms with Crippen LogP contribution in [0.4, 0.5) is 4.39 Å². The zero-order chi connectivity index (χ0) is 24.8. The summed E-state index contributed by atoms with van der Waals surface area (Å²) in [5.74, 6) is 2.19. The van der Waals surface area contributed by atoms with Crippen molar-refractivity contribution < 1.29 is 13.9 Å². The molecule has 5 nitrogen and oxygen atoms in total. The van der Waals surface area contributed by atoms with Crippen LogP contribution in [0.15, 0.2) is 65.1 Å². The first-order valence-corrected chi connectivity index (χ1v) is 13.2. The number of likely N-dealkylation sites (tertiary alicyclic amines) is 1. The summed E-state index contributed by atoms with van der Waals surface area (Å²) in [6.07, 6.45) is 3.00. The third-order valence-electron chi connectivity index (χ3n) is 7.32. The number of fused-ring (bicyclic) bond motifs is 1. The highest BCUT2D eigenvalue weighted by molar-refractivity contribution is 9.10. The monoisotopic (exact) mass is 547 g/mol. The molecule has 1 saturated heterocycles. The Hall–Kier alpha value is -3.19. The predicted molar refractivity (Wildman–Crippen MR) is 142 cm³/mol. The number of rotatable bonds is 6. The smallest absolute Gasteiger partial charge is 0.225 e. The molecule has 0 N–H and O–H groups in total. The summed E-state index contributed by atoms with van der Waals surface area (Å²) in [5.41, 5.74) is 4.71. The van der Waals surface area contributed by atoms with Gasteiger partial charge in [0.1, 0.15) is 17.4 Å². The number of halogens is 2. The van der Waals surface area contributed by atoms with Crippen LogP contribution in [0.5, 0.6) is 5.75 Å². The van der Waals surface area contributed by atoms with Crippen molar-refractivity contribution in [1.82, 2.24) is 14.5 Å². The average Bonchev–Trinajstić information content (AvgIpc) is 3.56. The van der Waals surface area contributed by atoms with E-state index in [4.69, 9.17) is 9.72 Å². The van der Waals surface area contributed by atoms with Gasteiger partial charge in [0, 0.05) is 37.2 Å². The van der Waals surface area contributed by atoms with Gasteiger partial charge in [0.15, 0.2) is 0 Å². The largest absolute Gasteiger partial charge is 0.497 e. The summed E-state index contributed by atoms with van der Waals surface area (Å²) in [4.78, 5) is 19.5. The number of ether oxygens (including phenoxy) is 1. The number of benzene rings is 3. The van der Waals surface area contributed by atoms with Gasteiger partial charge in [-0.2, -0.15) is 0 Å². The van der Waals surface area contributed by atoms with E-state index >= 15 is 0 Å². The van der Waals surface area contributed by atoms with Crippen LogP contribution in [0.2, 0.25) is 0 Å². The van der Waals surface area contributed by atoms with Crippen LogP contribution in [0.3, 0.4) is 0 Å². The Morgan fingerprint density at radius 2 is 1.69 bits per heavy atom. The molecule has 6 rings (SSSR count). The Bertz CT molecular complexity index is 1430. The maximum absolute atomic E-state index is 14.6. The number of carbonyl (C=O) groups is 1. The van der Waals surface area contributed by atoms with Crippen molar-refractivity contribution in [3.8, 4) is 28.3 Å². The van der Waals surface area contributed by atoms with E-state index in [2.05, 4.69) is 44.8 Å². The summed E-state index contributed by atoms with van der Waals surface area (Å²) >= 11 is 3.31. The lowest BCUT2D eigenvalue weighted by molar-refractivity contribution is -0.131. The number of hydrogen-bond donors (Lipinski definition) is 0. The second-order valence-electron chi connectivity index (χ2n) is 9.82. The van der Waals surface area contributed by atoms with Crippen molar-refractivity contribution in [2.24, 2.45) is 11.8 Å². The first-order chi connectivity index (χ1) is 17.5. The molecule has 0 radical (unpaired) electrons. The van der Waals surface area contributed by atoms with Crippen molar-refractivity contribution in [2.45, 2.75) is 25.8 Å². The summed E-state index contributed by atoms with van der Waals surface area (Å²) in [5, 5.41) is 0. The molecule has 1 aliphatic heterocycles. The van der Waals surface area contributed by atoms with E-state index in [1.807, 2.05) is 29.2 Å². The lowest BCUT2D eigenvalue weighted by Crippen LogP contribution is -2.30. The minimum absolute atomic E-state index is 0.240. The summed E-state index contributed by atoms with van der Waals surface area (Å²) in [6.45, 7) is 2.25. The normalized spacial score (nSPS) is 17.6. The fourth-order valence-electron chi connectivity index (χ4n) is 5.15. The van der Waals surface area contributed by atoms with Crippen molar-refractivity contribution in [3.05, 3.63) is 71.0 Å². The highest BCUT2D eigenvalue weighted by Gasteiger charge is 2.36. The van der Waals surface area contributed by atoms with Gasteiger partial charge < -0.3 is 14.2 Å². The van der Waals surface area contributed by atoms with Gasteiger partial charge >= 0.3 is 0 Å². The number of methoxy groups -OCH3 is 1. The number of imidazole rings is 1. The molecule has 0 spiro atoms. The Morgan fingerprint density at radius 3 is 2.36 bits per heavy atom. The van der Waals surface area contributed by atoms with Crippen LogP contribution in [-0.2, 0) is 11.3 Å². The molecular formula is C29H27BrFN3O2. The van der Waals surface area contributed by atoms with E-state index < -0.39 is 0 Å². The molecule has 1 aliphatic carbocycles. The second-order valence-corrected chi connectivity index (χ2v) is 10.7. The van der Waals surface area contributed by atoms with Crippen LogP contribution < -0.4 is 4.74 Å². The molecule has 7 heteroatoms. The van der Waals surface area contributed by atoms with Crippen molar-refractivity contribution in [1.29, 1.82) is 0 Å². The molecule has 1 aromatic heterocycles. The number of amides is 1. The molecule has 4 aromatic rings. The molecule has 3 aromatic carbocycles. The van der Waals surface area contributed by atoms with E-state index in [1.165, 1.54) is 0 Å². The zero-order valence-electron chi connectivity index (χ0n) is 20.1. The highest BCUT2D eigenvalue weighted by atomic mass is 79.9. The number of nitrogens with zero attached hydrogens (tertiary/aromatic N) is 3. The SMILES string of the molecule is COc1ccc(-c2ccc(-c3nc4cc(Br)c(F)cc4n3C[C@@H]3CCN(C(=O)C4CC4)C3)cc2)cc1. The lowest BCUT2D eigenvalue weighted by atomic mass is 10.0. The second kappa shape index (κ2) is 9.36. The Kier molecular flexibility index (Phi) is 6.04. The van der Waals surface area contributed by atoms with Crippen molar-refractivity contribution in [3.63, 3.8) is 0 Å². The minimum atomic E-state index is -0.304. The van der Waals surface area contributed by atoms with Crippen LogP contribution >= 0.6 is 15.9 Å². The quantitative estimate of drug-likeness (QED) is 0.275. The van der Waals surface area contributed by atoms with Gasteiger partial charge in [-0.25, -0.2) is 9.37 Å². The minimum Gasteiger partial charge on any atom is -0.497 e. The maximum atomic E-state index is 14.6. The Balaban J connectivity index is 1.32. The van der Waals surface area contributed by atoms with E-state index in [-0.39, 0.29) is 11.7 Å². The number of hydrogen-bond acceptors (Lipinski definition) is 3. The zero-order valence-corrected chi connectivity index (χ0v) is 21.7. The summed E-state index contributed by atoms with van der Waals surface area (Å²) in [6, 6.07) is 19.6. The Morgan fingerprint density at radius 1 is 1.03 bits per heavy atom. The fraction of sp³-hybridized carbons (Fsp3) is 0.310. The molecule has 0 unspecified atom stereocenters. The molecule has 1 amide bonds. The molecule has 1 atom stereocenters. The van der Waals surface area contributed by atoms with Crippen LogP contribution in [0, 0.1) is 17.7 Å². The molecule has 0 bridgehead atoms. The van der Waals surface area contributed by atoms with Crippen LogP contribution in [0.25, 0.3) is 33.5 Å². The standard InChI is InChI=1S/C29H27BrFN3O2/c1-36-23-10-8-20(9-11-23)19-2-4-21(5-3-19)28-32-26-14-24(30)25(31)15-27(26)34(28)17-18-12-13-33(16-18)29(35)22-6-7-22/h2-5,8-11,14-15,18,22H,6-7,12-13,16-17H2,1H3/t18-/m1/s1. The third-order valence-corrected chi connectivity index (χ3v) is 7.93. The van der Waals surface area contributed by atoms with E-state index in [1.54, 1.807) is 19.2 Å². The molecule has 2 fully saturated rings. The maximum Gasteiger partial charge on any atom is 0.225 e. The van der Waals surface area contributed by atoms with E-state index in [9.17, 15) is 9.18 Å². The summed E-state index contributed by atoms with van der Waals surface area (Å²) in [7, 11) is 1.66. The van der Waals surface area contributed by atoms with Gasteiger partial charge in [-0.15, -0.1) is 0 Å². The molecule has 2 heterocycles. The number of aromatic nitrogens is 2. The first kappa shape index (κ1) is 23.2. The topological polar surface area (TPSA) is 47.4 Å². The predicted octanol–water partition coefficient (Wildman–Crippen LogP) is 6.54. The van der Waals surface area contributed by atoms with Gasteiger partial charge in [-0.3, -0.25) is 4.79 Å². The highest BCUT2D eigenvalue weighted by Crippen LogP contribution is 2.35. The Labute approximate surface area is 218 Å². The van der Waals surface area contributed by atoms with Gasteiger partial charge in [0.25, 0.3) is 0 Å². The lowest BCUT2D eigenvalue weighted by Gasteiger charge is -2.18. The molecule has 184 valence electrons. The third kappa shape index (κ3) is 4.41. The van der Waals surface area contributed by atoms with Crippen molar-refractivity contribution in [2.75, 3.05) is 20.2 Å². The molecular weight excluding hydrogens is 521 g/mol. The van der Waals surface area contributed by atoms with Gasteiger partial charge in [0.05, 0.1) is 22.6 Å². The molecule has 36 heavy (non-hydrogen) atoms. The number of carbonyl (C=O) groups excluding carboxylic acids is 1. The van der Waals surface area contributed by atoms with Crippen LogP contribution in [-0.4, -0.2) is 40.6 Å². The van der Waals surface area contributed by atoms with Gasteiger partial charge in [-0.1, -0.05) is 36.4 Å². The van der Waals surface area contributed by atoms with Gasteiger partial charge in [0.2, 0.25) is 5.91 Å². The van der Waals surface area contributed by atoms with E-state index in [0.29, 0.717) is 22.8 Å². The molecule has 2 aliphatic rings. The molecule has 1 saturated carbocycles. The van der Waals surface area contributed by atoms with Crippen molar-refractivity contribution >= 4 is 32.9 Å². The summed E-state index contributed by atoms with van der Waals surface area (Å²) < 4.78 is 22.4. The first-order valence-electron chi connectivity index (χ1n) is 12.4. The van der Waals surface area contributed by atoms with Crippen LogP contribution in [0.1, 0.15) is 19.3 Å². The van der Waals surface area contributed by atoms with E-state index in [0.717, 1.165) is 71.6 Å². The average molecular weight is 548 g/mol. The van der Waals surface area contributed by atoms with Gasteiger partial charge in [-0.05, 0) is 70.4 Å². The fourth-order valence-corrected chi connectivity index (χ4v) is 5.48.